The van der Waals surface area contributed by atoms with Crippen molar-refractivity contribution in [3.63, 3.8) is 0 Å². The summed E-state index contributed by atoms with van der Waals surface area (Å²) in [4.78, 5) is 12.9. The Morgan fingerprint density at radius 1 is 1.21 bits per heavy atom. The van der Waals surface area contributed by atoms with E-state index in [1.165, 1.54) is 4.31 Å². The summed E-state index contributed by atoms with van der Waals surface area (Å²) in [6.07, 6.45) is 1.84. The lowest BCUT2D eigenvalue weighted by Gasteiger charge is -2.25. The third-order valence-electron chi connectivity index (χ3n) is 3.44. The molecule has 2 aromatic carbocycles. The Morgan fingerprint density at radius 2 is 1.92 bits per heavy atom. The van der Waals surface area contributed by atoms with Crippen molar-refractivity contribution in [2.24, 2.45) is 0 Å². The Kier molecular flexibility index (Phi) is 6.55. The molecule has 2 aromatic rings. The summed E-state index contributed by atoms with van der Waals surface area (Å²) in [5.41, 5.74) is 2.88. The van der Waals surface area contributed by atoms with Gasteiger partial charge in [-0.2, -0.15) is 4.39 Å². The minimum atomic E-state index is -2.61. The molecule has 0 aliphatic carbocycles. The first-order valence-electron chi connectivity index (χ1n) is 7.56. The van der Waals surface area contributed by atoms with E-state index in [9.17, 15) is 9.18 Å². The Balaban J connectivity index is 2.43. The second-order valence-electron chi connectivity index (χ2n) is 5.37. The predicted octanol–water partition coefficient (Wildman–Crippen LogP) is 6.30. The molecule has 0 N–H and O–H groups in total. The van der Waals surface area contributed by atoms with E-state index in [2.05, 4.69) is 6.92 Å². The first-order chi connectivity index (χ1) is 11.3. The van der Waals surface area contributed by atoms with Crippen LogP contribution in [0.4, 0.5) is 10.1 Å². The van der Waals surface area contributed by atoms with E-state index in [4.69, 9.17) is 23.2 Å². The number of benzene rings is 2. The van der Waals surface area contributed by atoms with Crippen LogP contribution in [0.15, 0.2) is 48.5 Å². The lowest BCUT2D eigenvalue weighted by molar-refractivity contribution is 0.101. The molecule has 24 heavy (non-hydrogen) atoms. The van der Waals surface area contributed by atoms with E-state index in [1.807, 2.05) is 37.3 Å². The number of nitrogens with zero attached hydrogens (tertiary/aromatic N) is 1. The summed E-state index contributed by atoms with van der Waals surface area (Å²) in [5, 5.41) is 0. The molecular weight excluding hydrogens is 368 g/mol. The van der Waals surface area contributed by atoms with Gasteiger partial charge >= 0.3 is 3.92 Å². The first-order valence-corrected chi connectivity index (χ1v) is 9.09. The third kappa shape index (κ3) is 5.13. The molecule has 6 heteroatoms. The molecule has 0 aromatic heterocycles. The summed E-state index contributed by atoms with van der Waals surface area (Å²) >= 11 is 11.5. The summed E-state index contributed by atoms with van der Waals surface area (Å²) in [5.74, 6) is -0.366. The number of carbonyl (C=O) groups is 1. The van der Waals surface area contributed by atoms with Crippen molar-refractivity contribution < 1.29 is 9.18 Å². The van der Waals surface area contributed by atoms with E-state index in [1.54, 1.807) is 18.2 Å². The Hall–Kier alpha value is -1.23. The van der Waals surface area contributed by atoms with Crippen LogP contribution in [0.25, 0.3) is 0 Å². The number of anilines is 1. The number of rotatable bonds is 6. The standard InChI is InChI=1S/C18H18Cl2FNOS/c1-3-7-14-9-6-10-15(12-14)22(24-18(19,20)21)17(23)16-11-5-4-8-13(16)2/h4-6,8-12H,3,7H2,1-2H3. The minimum Gasteiger partial charge on any atom is -0.268 e. The van der Waals surface area contributed by atoms with E-state index >= 15 is 0 Å². The van der Waals surface area contributed by atoms with Gasteiger partial charge in [0.1, 0.15) is 0 Å². The van der Waals surface area contributed by atoms with Crippen molar-refractivity contribution in [2.75, 3.05) is 4.31 Å². The van der Waals surface area contributed by atoms with Crippen molar-refractivity contribution in [2.45, 2.75) is 30.6 Å². The Bertz CT molecular complexity index is 718. The highest BCUT2D eigenvalue weighted by atomic mass is 35.5. The zero-order valence-corrected chi connectivity index (χ0v) is 15.8. The number of aryl methyl sites for hydroxylation is 2. The molecule has 0 spiro atoms. The molecule has 1 amide bonds. The Morgan fingerprint density at radius 3 is 2.54 bits per heavy atom. The SMILES string of the molecule is CCCc1cccc(N(SC(F)(Cl)Cl)C(=O)c2ccccc2C)c1. The van der Waals surface area contributed by atoms with Gasteiger partial charge in [-0.1, -0.05) is 66.9 Å². The van der Waals surface area contributed by atoms with Gasteiger partial charge in [-0.3, -0.25) is 4.79 Å². The first kappa shape index (κ1) is 19.1. The van der Waals surface area contributed by atoms with Gasteiger partial charge in [0, 0.05) is 17.5 Å². The van der Waals surface area contributed by atoms with Crippen LogP contribution >= 0.6 is 35.1 Å². The fourth-order valence-corrected chi connectivity index (χ4v) is 3.39. The highest BCUT2D eigenvalue weighted by Gasteiger charge is 2.32. The minimum absolute atomic E-state index is 0.366. The van der Waals surface area contributed by atoms with Crippen LogP contribution in [-0.4, -0.2) is 9.83 Å². The largest absolute Gasteiger partial charge is 0.324 e. The maximum Gasteiger partial charge on any atom is 0.324 e. The molecule has 0 atom stereocenters. The zero-order chi connectivity index (χ0) is 17.7. The number of hydrogen-bond acceptors (Lipinski definition) is 2. The van der Waals surface area contributed by atoms with Crippen molar-refractivity contribution in [1.82, 2.24) is 0 Å². The maximum atomic E-state index is 13.8. The van der Waals surface area contributed by atoms with Gasteiger partial charge in [-0.05, 0) is 42.7 Å². The summed E-state index contributed by atoms with van der Waals surface area (Å²) in [6.45, 7) is 3.90. The molecule has 0 saturated carbocycles. The predicted molar refractivity (Wildman–Crippen MR) is 102 cm³/mol. The second-order valence-corrected chi connectivity index (χ2v) is 8.16. The topological polar surface area (TPSA) is 20.3 Å². The average molecular weight is 386 g/mol. The quantitative estimate of drug-likeness (QED) is 0.429. The molecule has 0 unspecified atom stereocenters. The van der Waals surface area contributed by atoms with Crippen molar-refractivity contribution in [1.29, 1.82) is 0 Å². The van der Waals surface area contributed by atoms with E-state index in [0.29, 0.717) is 23.2 Å². The lowest BCUT2D eigenvalue weighted by atomic mass is 10.1. The number of amides is 1. The van der Waals surface area contributed by atoms with Crippen LogP contribution in [-0.2, 0) is 6.42 Å². The summed E-state index contributed by atoms with van der Waals surface area (Å²) in [6, 6.07) is 14.5. The van der Waals surface area contributed by atoms with Gasteiger partial charge in [0.2, 0.25) is 0 Å². The van der Waals surface area contributed by atoms with Crippen LogP contribution in [0, 0.1) is 6.92 Å². The number of hydrogen-bond donors (Lipinski definition) is 0. The number of alkyl halides is 3. The Labute approximate surface area is 156 Å². The van der Waals surface area contributed by atoms with Crippen molar-refractivity contribution >= 4 is 46.7 Å². The smallest absolute Gasteiger partial charge is 0.268 e. The highest BCUT2D eigenvalue weighted by Crippen LogP contribution is 2.41. The molecule has 2 nitrogen and oxygen atoms in total. The van der Waals surface area contributed by atoms with Crippen LogP contribution in [0.1, 0.15) is 34.8 Å². The molecule has 0 bridgehead atoms. The summed E-state index contributed by atoms with van der Waals surface area (Å²) in [7, 11) is 0. The molecule has 0 fully saturated rings. The number of halogens is 3. The summed E-state index contributed by atoms with van der Waals surface area (Å²) < 4.78 is 12.4. The van der Waals surface area contributed by atoms with Gasteiger partial charge in [0.05, 0.1) is 5.69 Å². The van der Waals surface area contributed by atoms with Crippen LogP contribution in [0.2, 0.25) is 0 Å². The van der Waals surface area contributed by atoms with Crippen LogP contribution in [0.3, 0.4) is 0 Å². The van der Waals surface area contributed by atoms with E-state index in [-0.39, 0.29) is 5.91 Å². The zero-order valence-electron chi connectivity index (χ0n) is 13.4. The van der Waals surface area contributed by atoms with Gasteiger partial charge in [0.15, 0.2) is 0 Å². The molecule has 0 heterocycles. The second kappa shape index (κ2) is 8.24. The van der Waals surface area contributed by atoms with Crippen molar-refractivity contribution in [3.05, 3.63) is 65.2 Å². The lowest BCUT2D eigenvalue weighted by Crippen LogP contribution is -2.28. The third-order valence-corrected chi connectivity index (χ3v) is 4.62. The van der Waals surface area contributed by atoms with Gasteiger partial charge in [-0.25, -0.2) is 4.31 Å². The van der Waals surface area contributed by atoms with Crippen LogP contribution < -0.4 is 4.31 Å². The molecule has 0 saturated heterocycles. The van der Waals surface area contributed by atoms with Gasteiger partial charge in [0.25, 0.3) is 5.91 Å². The molecular formula is C18H18Cl2FNOS. The number of carbonyl (C=O) groups excluding carboxylic acids is 1. The monoisotopic (exact) mass is 385 g/mol. The normalized spacial score (nSPS) is 11.4. The fraction of sp³-hybridized carbons (Fsp3) is 0.278. The molecule has 0 radical (unpaired) electrons. The average Bonchev–Trinajstić information content (AvgIpc) is 2.52. The maximum absolute atomic E-state index is 13.8. The van der Waals surface area contributed by atoms with E-state index in [0.717, 1.165) is 24.0 Å². The fourth-order valence-electron chi connectivity index (χ4n) is 2.36. The highest BCUT2D eigenvalue weighted by molar-refractivity contribution is 8.05. The van der Waals surface area contributed by atoms with Crippen LogP contribution in [0.5, 0.6) is 0 Å². The van der Waals surface area contributed by atoms with Gasteiger partial charge in [-0.15, -0.1) is 0 Å². The molecule has 2 rings (SSSR count). The molecule has 128 valence electrons. The van der Waals surface area contributed by atoms with Gasteiger partial charge < -0.3 is 0 Å². The molecule has 0 aliphatic rings. The van der Waals surface area contributed by atoms with E-state index < -0.39 is 3.92 Å². The molecule has 0 aliphatic heterocycles. The van der Waals surface area contributed by atoms with Crippen molar-refractivity contribution in [3.8, 4) is 0 Å².